The molecule has 3 amide bonds. The number of amides is 3. The lowest BCUT2D eigenvalue weighted by Gasteiger charge is -2.31. The lowest BCUT2D eigenvalue weighted by Crippen LogP contribution is -2.55. The van der Waals surface area contributed by atoms with E-state index in [0.717, 1.165) is 95.3 Å². The molecule has 0 saturated heterocycles. The van der Waals surface area contributed by atoms with Gasteiger partial charge in [0, 0.05) is 26.4 Å². The third-order valence-electron chi connectivity index (χ3n) is 10.5. The van der Waals surface area contributed by atoms with Crippen LogP contribution in [0.5, 0.6) is 0 Å². The summed E-state index contributed by atoms with van der Waals surface area (Å²) >= 11 is 4.44. The molecule has 4 atom stereocenters. The summed E-state index contributed by atoms with van der Waals surface area (Å²) in [5.41, 5.74) is 8.05. The third kappa shape index (κ3) is 18.4. The van der Waals surface area contributed by atoms with Crippen molar-refractivity contribution in [3.63, 3.8) is 0 Å². The molecule has 0 aliphatic heterocycles. The second-order valence-corrected chi connectivity index (χ2v) is 17.2. The number of allylic oxidation sites excluding steroid dienone is 1. The fourth-order valence-electron chi connectivity index (χ4n) is 7.39. The van der Waals surface area contributed by atoms with Crippen molar-refractivity contribution in [1.82, 2.24) is 16.0 Å². The Morgan fingerprint density at radius 1 is 0.737 bits per heavy atom. The highest BCUT2D eigenvalue weighted by molar-refractivity contribution is 14.1. The highest BCUT2D eigenvalue weighted by atomic mass is 127. The van der Waals surface area contributed by atoms with Crippen molar-refractivity contribution in [2.45, 2.75) is 127 Å². The molecule has 2 aromatic carbocycles. The van der Waals surface area contributed by atoms with Gasteiger partial charge in [-0.1, -0.05) is 68.9 Å². The molecule has 14 heteroatoms. The molecular formula is C43H61ClI2N4O7. The molecule has 2 aliphatic carbocycles. The molecule has 0 unspecified atom stereocenters. The quantitative estimate of drug-likeness (QED) is 0.0531. The molecule has 316 valence electrons. The number of esters is 2. The second kappa shape index (κ2) is 27.8. The molecule has 0 aromatic heterocycles. The molecule has 2 aromatic rings. The topological polar surface area (TPSA) is 166 Å². The molecule has 2 aliphatic rings. The molecule has 4 rings (SSSR count). The predicted molar refractivity (Wildman–Crippen MR) is 243 cm³/mol. The van der Waals surface area contributed by atoms with E-state index in [1.54, 1.807) is 0 Å². The number of unbranched alkanes of at least 4 members (excludes halogenated alkanes) is 2. The van der Waals surface area contributed by atoms with Gasteiger partial charge in [0.15, 0.2) is 0 Å². The number of benzene rings is 2. The number of hydrogen-bond acceptors (Lipinski definition) is 8. The first-order valence-electron chi connectivity index (χ1n) is 19.9. The molecule has 0 heterocycles. The van der Waals surface area contributed by atoms with Crippen molar-refractivity contribution in [3.05, 3.63) is 79.5 Å². The molecule has 57 heavy (non-hydrogen) atoms. The Kier molecular flexibility index (Phi) is 24.6. The maximum Gasteiger partial charge on any atom is 0.328 e. The molecule has 5 N–H and O–H groups in total. The summed E-state index contributed by atoms with van der Waals surface area (Å²) in [7, 11) is 2.65. The number of hydrogen-bond donors (Lipinski definition) is 4. The van der Waals surface area contributed by atoms with E-state index in [-0.39, 0.29) is 42.0 Å². The van der Waals surface area contributed by atoms with Gasteiger partial charge in [0.05, 0.1) is 20.3 Å². The van der Waals surface area contributed by atoms with E-state index in [4.69, 9.17) is 15.2 Å². The minimum Gasteiger partial charge on any atom is -0.467 e. The van der Waals surface area contributed by atoms with Gasteiger partial charge in [-0.3, -0.25) is 14.4 Å². The number of nitrogens with one attached hydrogen (secondary N) is 3. The average molecular weight is 1040 g/mol. The summed E-state index contributed by atoms with van der Waals surface area (Å²) in [6.45, 7) is 3.70. The fraction of sp³-hybridized carbons (Fsp3) is 0.558. The second-order valence-electron chi connectivity index (χ2n) is 14.7. The van der Waals surface area contributed by atoms with Gasteiger partial charge in [-0.05, 0) is 137 Å². The van der Waals surface area contributed by atoms with Crippen LogP contribution in [0, 0.1) is 19.0 Å². The first kappa shape index (κ1) is 50.4. The first-order chi connectivity index (χ1) is 26.9. The van der Waals surface area contributed by atoms with Gasteiger partial charge in [0.1, 0.15) is 18.1 Å². The Labute approximate surface area is 372 Å². The Balaban J connectivity index is 0.000000402. The van der Waals surface area contributed by atoms with E-state index >= 15 is 0 Å². The van der Waals surface area contributed by atoms with Crippen LogP contribution in [-0.4, -0.2) is 68.0 Å². The van der Waals surface area contributed by atoms with Crippen molar-refractivity contribution in [2.75, 3.05) is 14.2 Å². The summed E-state index contributed by atoms with van der Waals surface area (Å²) in [6, 6.07) is 12.9. The number of carbonyl (C=O) groups is 5. The summed E-state index contributed by atoms with van der Waals surface area (Å²) in [6.07, 6.45) is 15.9. The average Bonchev–Trinajstić information content (AvgIpc) is 3.21. The summed E-state index contributed by atoms with van der Waals surface area (Å²) in [5.74, 6) is -1.34. The predicted octanol–water partition coefficient (Wildman–Crippen LogP) is 7.12. The highest BCUT2D eigenvalue weighted by Gasteiger charge is 2.34. The largest absolute Gasteiger partial charge is 0.467 e. The van der Waals surface area contributed by atoms with Crippen LogP contribution in [0.3, 0.4) is 0 Å². The van der Waals surface area contributed by atoms with Gasteiger partial charge in [0.2, 0.25) is 17.7 Å². The zero-order chi connectivity index (χ0) is 40.9. The molecular weight excluding hydrogens is 974 g/mol. The van der Waals surface area contributed by atoms with Crippen molar-refractivity contribution < 1.29 is 33.4 Å². The number of halogens is 3. The van der Waals surface area contributed by atoms with Crippen LogP contribution in [0.2, 0.25) is 0 Å². The Morgan fingerprint density at radius 2 is 1.21 bits per heavy atom. The van der Waals surface area contributed by atoms with E-state index in [0.29, 0.717) is 19.3 Å². The van der Waals surface area contributed by atoms with Crippen LogP contribution in [0.25, 0.3) is 0 Å². The Bertz CT molecular complexity index is 1590. The molecule has 2 fully saturated rings. The monoisotopic (exact) mass is 1030 g/mol. The van der Waals surface area contributed by atoms with E-state index in [1.807, 2.05) is 54.6 Å². The molecule has 0 bridgehead atoms. The maximum atomic E-state index is 13.3. The lowest BCUT2D eigenvalue weighted by atomic mass is 9.83. The van der Waals surface area contributed by atoms with Crippen LogP contribution >= 0.6 is 57.6 Å². The maximum absolute atomic E-state index is 13.3. The fourth-order valence-corrected chi connectivity index (χ4v) is 8.61. The van der Waals surface area contributed by atoms with E-state index in [2.05, 4.69) is 67.7 Å². The minimum absolute atomic E-state index is 0. The van der Waals surface area contributed by atoms with E-state index < -0.39 is 36.1 Å². The first-order valence-corrected chi connectivity index (χ1v) is 22.0. The number of methoxy groups -OCH3 is 2. The van der Waals surface area contributed by atoms with E-state index in [9.17, 15) is 24.0 Å². The van der Waals surface area contributed by atoms with Gasteiger partial charge < -0.3 is 31.2 Å². The van der Waals surface area contributed by atoms with Crippen LogP contribution in [0.4, 0.5) is 0 Å². The Morgan fingerprint density at radius 3 is 1.67 bits per heavy atom. The van der Waals surface area contributed by atoms with Crippen molar-refractivity contribution >= 4 is 87.2 Å². The van der Waals surface area contributed by atoms with Gasteiger partial charge in [0.25, 0.3) is 0 Å². The lowest BCUT2D eigenvalue weighted by molar-refractivity contribution is -0.145. The zero-order valence-electron chi connectivity index (χ0n) is 33.3. The standard InChI is InChI=1S/C25H35IN2O4.C18H25IN2O3.ClH/c1-3-4-5-9-15-22(29)28-23(19-12-7-6-8-13-19)24(30)27-21(25(31)32-2)17-18-11-10-14-20(26)16-18;1-24-18(23)15(11-12-6-5-9-14(19)10-12)21-17(22)16(20)13-7-3-2-4-8-13;/h3,10-11,14,16,19,21,23H,1,4-9,12-13,15,17H2,2H3,(H,27,30)(H,28,29);5-6,9-10,13,15-16H,2-4,7-8,11,20H2,1H3,(H,21,22);1H/t21-,23-;15-,16-;/m00./s1. The number of rotatable bonds is 18. The molecule has 2 saturated carbocycles. The summed E-state index contributed by atoms with van der Waals surface area (Å²) in [5, 5.41) is 8.63. The van der Waals surface area contributed by atoms with Gasteiger partial charge in [-0.25, -0.2) is 9.59 Å². The van der Waals surface area contributed by atoms with Crippen LogP contribution in [0.15, 0.2) is 61.2 Å². The third-order valence-corrected chi connectivity index (χ3v) is 11.8. The smallest absolute Gasteiger partial charge is 0.328 e. The molecule has 0 radical (unpaired) electrons. The van der Waals surface area contributed by atoms with Crippen LogP contribution < -0.4 is 21.7 Å². The van der Waals surface area contributed by atoms with E-state index in [1.165, 1.54) is 20.6 Å². The van der Waals surface area contributed by atoms with Gasteiger partial charge in [-0.15, -0.1) is 19.0 Å². The van der Waals surface area contributed by atoms with Gasteiger partial charge in [-0.2, -0.15) is 0 Å². The Hall–Kier alpha value is -2.76. The highest BCUT2D eigenvalue weighted by Crippen LogP contribution is 2.28. The van der Waals surface area contributed by atoms with Crippen molar-refractivity contribution in [1.29, 1.82) is 0 Å². The minimum atomic E-state index is -0.804. The zero-order valence-corrected chi connectivity index (χ0v) is 38.4. The number of carbonyl (C=O) groups excluding carboxylic acids is 5. The van der Waals surface area contributed by atoms with Gasteiger partial charge >= 0.3 is 11.9 Å². The number of nitrogens with two attached hydrogens (primary N) is 1. The van der Waals surface area contributed by atoms with Crippen molar-refractivity contribution in [2.24, 2.45) is 17.6 Å². The summed E-state index contributed by atoms with van der Waals surface area (Å²) < 4.78 is 11.9. The molecule has 0 spiro atoms. The van der Waals surface area contributed by atoms with Crippen molar-refractivity contribution in [3.8, 4) is 0 Å². The summed E-state index contributed by atoms with van der Waals surface area (Å²) in [4.78, 5) is 62.8. The number of ether oxygens (including phenoxy) is 2. The van der Waals surface area contributed by atoms with Crippen LogP contribution in [0.1, 0.15) is 101 Å². The SMILES string of the molecule is C=CCCCCC(=O)N[C@H](C(=O)N[C@@H](Cc1cccc(I)c1)C(=O)OC)C1CCCCC1.COC(=O)[C@H](Cc1cccc(I)c1)NC(=O)[C@@H](N)C1CCCCC1.Cl. The normalized spacial score (nSPS) is 16.4. The van der Waals surface area contributed by atoms with Crippen LogP contribution in [-0.2, 0) is 46.3 Å². The molecule has 11 nitrogen and oxygen atoms in total.